The second-order valence-corrected chi connectivity index (χ2v) is 5.66. The number of nitrogens with zero attached hydrogens (tertiary/aromatic N) is 1. The monoisotopic (exact) mass is 281 g/mol. The topological polar surface area (TPSA) is 55.8 Å². The van der Waals surface area contributed by atoms with Gasteiger partial charge >= 0.3 is 6.09 Å². The first kappa shape index (κ1) is 16.5. The molecule has 5 nitrogen and oxygen atoms in total. The first-order chi connectivity index (χ1) is 9.35. The molecule has 1 atom stereocenters. The highest BCUT2D eigenvalue weighted by Crippen LogP contribution is 2.16. The van der Waals surface area contributed by atoms with E-state index in [1.807, 2.05) is 0 Å². The van der Waals surface area contributed by atoms with Crippen molar-refractivity contribution in [2.24, 2.45) is 0 Å². The van der Waals surface area contributed by atoms with Crippen molar-refractivity contribution in [1.29, 1.82) is 0 Å². The van der Waals surface area contributed by atoms with E-state index in [4.69, 9.17) is 9.47 Å². The van der Waals surface area contributed by atoms with Gasteiger partial charge in [0, 0.05) is 19.4 Å². The van der Waals surface area contributed by atoms with Crippen molar-refractivity contribution >= 4 is 11.9 Å². The Balaban J connectivity index is 2.67. The zero-order chi connectivity index (χ0) is 15.2. The van der Waals surface area contributed by atoms with Gasteiger partial charge < -0.3 is 9.47 Å². The van der Waals surface area contributed by atoms with Gasteiger partial charge in [-0.05, 0) is 27.7 Å². The summed E-state index contributed by atoms with van der Waals surface area (Å²) in [4.78, 5) is 25.8. The Bertz CT molecular complexity index is 414. The largest absolute Gasteiger partial charge is 0.444 e. The third-order valence-electron chi connectivity index (χ3n) is 2.80. The van der Waals surface area contributed by atoms with E-state index in [-0.39, 0.29) is 12.4 Å². The van der Waals surface area contributed by atoms with Gasteiger partial charge in [0.15, 0.2) is 5.78 Å². The summed E-state index contributed by atoms with van der Waals surface area (Å²) in [5.41, 5.74) is -0.573. The summed E-state index contributed by atoms with van der Waals surface area (Å²) >= 11 is 0. The molecular formula is C15H23NO4. The minimum absolute atomic E-state index is 0.0293. The van der Waals surface area contributed by atoms with Crippen LogP contribution in [-0.4, -0.2) is 48.2 Å². The molecule has 0 N–H and O–H groups in total. The van der Waals surface area contributed by atoms with Crippen molar-refractivity contribution in [2.45, 2.75) is 52.2 Å². The number of hydrogen-bond acceptors (Lipinski definition) is 4. The molecule has 1 heterocycles. The molecule has 1 saturated heterocycles. The Labute approximate surface area is 120 Å². The van der Waals surface area contributed by atoms with Gasteiger partial charge in [-0.25, -0.2) is 4.79 Å². The smallest absolute Gasteiger partial charge is 0.411 e. The van der Waals surface area contributed by atoms with Gasteiger partial charge in [-0.1, -0.05) is 0 Å². The molecular weight excluding hydrogens is 258 g/mol. The number of Topliss-reactive ketones (excluding diaryl/α,β-unsaturated/α-hetero) is 1. The SMILES string of the molecule is CC#CCCC(=O)C1COCCN1C(=O)OC(C)(C)C. The predicted molar refractivity (Wildman–Crippen MR) is 75.2 cm³/mol. The van der Waals surface area contributed by atoms with Crippen LogP contribution in [0.1, 0.15) is 40.5 Å². The van der Waals surface area contributed by atoms with E-state index in [1.54, 1.807) is 27.7 Å². The Hall–Kier alpha value is -1.54. The summed E-state index contributed by atoms with van der Waals surface area (Å²) in [6.45, 7) is 8.19. The molecule has 20 heavy (non-hydrogen) atoms. The van der Waals surface area contributed by atoms with Crippen LogP contribution in [0.3, 0.4) is 0 Å². The van der Waals surface area contributed by atoms with Crippen LogP contribution >= 0.6 is 0 Å². The van der Waals surface area contributed by atoms with Crippen LogP contribution in [0, 0.1) is 11.8 Å². The van der Waals surface area contributed by atoms with E-state index in [9.17, 15) is 9.59 Å². The van der Waals surface area contributed by atoms with E-state index in [2.05, 4.69) is 11.8 Å². The Kier molecular flexibility index (Phi) is 6.03. The van der Waals surface area contributed by atoms with E-state index in [1.165, 1.54) is 4.90 Å². The van der Waals surface area contributed by atoms with Crippen molar-refractivity contribution in [3.05, 3.63) is 0 Å². The standard InChI is InChI=1S/C15H23NO4/c1-5-6-7-8-13(17)12-11-19-10-9-16(12)14(18)20-15(2,3)4/h12H,7-11H2,1-4H3. The van der Waals surface area contributed by atoms with Crippen molar-refractivity contribution < 1.29 is 19.1 Å². The highest BCUT2D eigenvalue weighted by Gasteiger charge is 2.34. The quantitative estimate of drug-likeness (QED) is 0.742. The molecule has 0 aromatic carbocycles. The average molecular weight is 281 g/mol. The number of rotatable bonds is 3. The van der Waals surface area contributed by atoms with Crippen LogP contribution < -0.4 is 0 Å². The number of morpholine rings is 1. The first-order valence-corrected chi connectivity index (χ1v) is 6.85. The Morgan fingerprint density at radius 1 is 1.40 bits per heavy atom. The van der Waals surface area contributed by atoms with Gasteiger partial charge in [-0.3, -0.25) is 9.69 Å². The van der Waals surface area contributed by atoms with E-state index < -0.39 is 17.7 Å². The van der Waals surface area contributed by atoms with Gasteiger partial charge in [0.2, 0.25) is 0 Å². The molecule has 1 amide bonds. The van der Waals surface area contributed by atoms with Crippen LogP contribution in [-0.2, 0) is 14.3 Å². The molecule has 0 radical (unpaired) electrons. The molecule has 0 aliphatic carbocycles. The van der Waals surface area contributed by atoms with Crippen LogP contribution in [0.25, 0.3) is 0 Å². The Morgan fingerprint density at radius 2 is 2.10 bits per heavy atom. The second kappa shape index (κ2) is 7.30. The van der Waals surface area contributed by atoms with Crippen LogP contribution in [0.5, 0.6) is 0 Å². The average Bonchev–Trinajstić information content (AvgIpc) is 2.37. The first-order valence-electron chi connectivity index (χ1n) is 6.85. The van der Waals surface area contributed by atoms with Crippen molar-refractivity contribution in [3.63, 3.8) is 0 Å². The molecule has 5 heteroatoms. The van der Waals surface area contributed by atoms with Crippen LogP contribution in [0.15, 0.2) is 0 Å². The zero-order valence-electron chi connectivity index (χ0n) is 12.7. The maximum atomic E-state index is 12.2. The summed E-state index contributed by atoms with van der Waals surface area (Å²) in [6, 6.07) is -0.558. The minimum atomic E-state index is -0.573. The summed E-state index contributed by atoms with van der Waals surface area (Å²) in [7, 11) is 0. The third-order valence-corrected chi connectivity index (χ3v) is 2.80. The number of ketones is 1. The fourth-order valence-corrected chi connectivity index (χ4v) is 1.89. The van der Waals surface area contributed by atoms with E-state index in [0.29, 0.717) is 26.0 Å². The lowest BCUT2D eigenvalue weighted by Gasteiger charge is -2.35. The van der Waals surface area contributed by atoms with Gasteiger partial charge in [0.25, 0.3) is 0 Å². The van der Waals surface area contributed by atoms with Gasteiger partial charge in [-0.2, -0.15) is 0 Å². The molecule has 0 aromatic rings. The normalized spacial score (nSPS) is 19.0. The van der Waals surface area contributed by atoms with Crippen LogP contribution in [0.2, 0.25) is 0 Å². The molecule has 0 saturated carbocycles. The van der Waals surface area contributed by atoms with Crippen molar-refractivity contribution in [2.75, 3.05) is 19.8 Å². The number of carbonyl (C=O) groups is 2. The highest BCUT2D eigenvalue weighted by molar-refractivity contribution is 5.88. The third kappa shape index (κ3) is 5.22. The molecule has 1 fully saturated rings. The summed E-state index contributed by atoms with van der Waals surface area (Å²) in [5, 5.41) is 0. The zero-order valence-corrected chi connectivity index (χ0v) is 12.7. The van der Waals surface area contributed by atoms with Gasteiger partial charge in [0.05, 0.1) is 13.2 Å². The molecule has 1 aliphatic rings. The number of hydrogen-bond donors (Lipinski definition) is 0. The van der Waals surface area contributed by atoms with E-state index in [0.717, 1.165) is 0 Å². The van der Waals surface area contributed by atoms with Crippen molar-refractivity contribution in [3.8, 4) is 11.8 Å². The highest BCUT2D eigenvalue weighted by atomic mass is 16.6. The lowest BCUT2D eigenvalue weighted by atomic mass is 10.1. The lowest BCUT2D eigenvalue weighted by Crippen LogP contribution is -2.53. The summed E-state index contributed by atoms with van der Waals surface area (Å²) in [6.07, 6.45) is 0.378. The molecule has 1 unspecified atom stereocenters. The fourth-order valence-electron chi connectivity index (χ4n) is 1.89. The molecule has 1 aliphatic heterocycles. The van der Waals surface area contributed by atoms with E-state index >= 15 is 0 Å². The summed E-state index contributed by atoms with van der Waals surface area (Å²) < 4.78 is 10.6. The number of carbonyl (C=O) groups excluding carboxylic acids is 2. The molecule has 0 aromatic heterocycles. The minimum Gasteiger partial charge on any atom is -0.444 e. The van der Waals surface area contributed by atoms with Crippen LogP contribution in [0.4, 0.5) is 4.79 Å². The Morgan fingerprint density at radius 3 is 2.70 bits per heavy atom. The molecule has 0 spiro atoms. The number of ether oxygens (including phenoxy) is 2. The molecule has 112 valence electrons. The second-order valence-electron chi connectivity index (χ2n) is 5.66. The molecule has 0 bridgehead atoms. The summed E-state index contributed by atoms with van der Waals surface area (Å²) in [5.74, 6) is 5.58. The predicted octanol–water partition coefficient (Wildman–Crippen LogP) is 1.99. The van der Waals surface area contributed by atoms with Gasteiger partial charge in [0.1, 0.15) is 11.6 Å². The van der Waals surface area contributed by atoms with Gasteiger partial charge in [-0.15, -0.1) is 11.8 Å². The lowest BCUT2D eigenvalue weighted by molar-refractivity contribution is -0.130. The fraction of sp³-hybridized carbons (Fsp3) is 0.733. The maximum Gasteiger partial charge on any atom is 0.411 e. The van der Waals surface area contributed by atoms with Crippen molar-refractivity contribution in [1.82, 2.24) is 4.90 Å². The number of amides is 1. The maximum absolute atomic E-state index is 12.2. The molecule has 1 rings (SSSR count).